The zero-order valence-electron chi connectivity index (χ0n) is 12.1. The van der Waals surface area contributed by atoms with Crippen molar-refractivity contribution in [3.05, 3.63) is 54.1 Å². The molecule has 0 fully saturated rings. The fourth-order valence-corrected chi connectivity index (χ4v) is 2.10. The third kappa shape index (κ3) is 2.79. The van der Waals surface area contributed by atoms with Gasteiger partial charge in [0.1, 0.15) is 0 Å². The van der Waals surface area contributed by atoms with Gasteiger partial charge in [0.25, 0.3) is 5.89 Å². The summed E-state index contributed by atoms with van der Waals surface area (Å²) in [6, 6.07) is 15.6. The molecule has 0 radical (unpaired) electrons. The molecule has 0 aliphatic rings. The van der Waals surface area contributed by atoms with Gasteiger partial charge < -0.3 is 10.3 Å². The topological polar surface area (TPSA) is 64.9 Å². The predicted octanol–water partition coefficient (Wildman–Crippen LogP) is 4.11. The molecule has 2 aromatic carbocycles. The summed E-state index contributed by atoms with van der Waals surface area (Å²) in [7, 11) is 0. The van der Waals surface area contributed by atoms with Crippen molar-refractivity contribution in [3.8, 4) is 22.8 Å². The molecule has 2 N–H and O–H groups in total. The van der Waals surface area contributed by atoms with E-state index in [4.69, 9.17) is 10.3 Å². The van der Waals surface area contributed by atoms with Crippen LogP contribution >= 0.6 is 0 Å². The normalized spacial score (nSPS) is 11.0. The van der Waals surface area contributed by atoms with E-state index in [-0.39, 0.29) is 0 Å². The van der Waals surface area contributed by atoms with Crippen LogP contribution < -0.4 is 5.73 Å². The molecule has 0 bridgehead atoms. The molecule has 21 heavy (non-hydrogen) atoms. The summed E-state index contributed by atoms with van der Waals surface area (Å²) in [6.07, 6.45) is 0. The van der Waals surface area contributed by atoms with E-state index in [1.807, 2.05) is 36.4 Å². The maximum Gasteiger partial charge on any atom is 0.258 e. The molecule has 3 aromatic rings. The molecule has 0 aliphatic heterocycles. The van der Waals surface area contributed by atoms with Crippen LogP contribution in [0.2, 0.25) is 0 Å². The largest absolute Gasteiger partial charge is 0.399 e. The zero-order valence-corrected chi connectivity index (χ0v) is 12.1. The number of nitrogen functional groups attached to an aromatic ring is 1. The number of benzene rings is 2. The van der Waals surface area contributed by atoms with E-state index in [1.165, 1.54) is 5.56 Å². The Morgan fingerprint density at radius 2 is 1.52 bits per heavy atom. The molecule has 1 aromatic heterocycles. The highest BCUT2D eigenvalue weighted by molar-refractivity contribution is 5.61. The van der Waals surface area contributed by atoms with Crippen LogP contribution in [0, 0.1) is 0 Å². The van der Waals surface area contributed by atoms with Gasteiger partial charge in [-0.25, -0.2) is 0 Å². The van der Waals surface area contributed by atoms with Crippen molar-refractivity contribution >= 4 is 5.69 Å². The fraction of sp³-hybridized carbons (Fsp3) is 0.176. The van der Waals surface area contributed by atoms with Crippen LogP contribution in [0.1, 0.15) is 25.3 Å². The van der Waals surface area contributed by atoms with E-state index in [1.54, 1.807) is 0 Å². The van der Waals surface area contributed by atoms with E-state index in [2.05, 4.69) is 36.1 Å². The minimum atomic E-state index is 0.498. The van der Waals surface area contributed by atoms with Crippen molar-refractivity contribution in [1.82, 2.24) is 10.1 Å². The molecule has 0 saturated heterocycles. The lowest BCUT2D eigenvalue weighted by Gasteiger charge is -2.04. The first-order valence-electron chi connectivity index (χ1n) is 6.93. The van der Waals surface area contributed by atoms with Crippen molar-refractivity contribution in [2.45, 2.75) is 19.8 Å². The second-order valence-corrected chi connectivity index (χ2v) is 5.32. The second kappa shape index (κ2) is 5.40. The Morgan fingerprint density at radius 1 is 0.905 bits per heavy atom. The molecule has 4 nitrogen and oxygen atoms in total. The lowest BCUT2D eigenvalue weighted by atomic mass is 10.0. The summed E-state index contributed by atoms with van der Waals surface area (Å²) in [5, 5.41) is 4.04. The van der Waals surface area contributed by atoms with E-state index in [0.29, 0.717) is 23.3 Å². The number of hydrogen-bond donors (Lipinski definition) is 1. The maximum atomic E-state index is 5.67. The molecule has 3 rings (SSSR count). The molecule has 0 saturated carbocycles. The molecule has 106 valence electrons. The molecule has 0 unspecified atom stereocenters. The Hall–Kier alpha value is -2.62. The van der Waals surface area contributed by atoms with E-state index in [9.17, 15) is 0 Å². The van der Waals surface area contributed by atoms with Gasteiger partial charge in [0.05, 0.1) is 0 Å². The van der Waals surface area contributed by atoms with Crippen LogP contribution in [0.25, 0.3) is 22.8 Å². The van der Waals surface area contributed by atoms with Gasteiger partial charge >= 0.3 is 0 Å². The Balaban J connectivity index is 1.89. The van der Waals surface area contributed by atoms with Gasteiger partial charge in [-0.15, -0.1) is 0 Å². The highest BCUT2D eigenvalue weighted by Crippen LogP contribution is 2.24. The molecular weight excluding hydrogens is 262 g/mol. The molecule has 1 heterocycles. The van der Waals surface area contributed by atoms with Crippen molar-refractivity contribution in [3.63, 3.8) is 0 Å². The quantitative estimate of drug-likeness (QED) is 0.733. The molecular formula is C17H17N3O. The van der Waals surface area contributed by atoms with Crippen LogP contribution in [-0.2, 0) is 0 Å². The zero-order chi connectivity index (χ0) is 14.8. The van der Waals surface area contributed by atoms with Gasteiger partial charge in [-0.05, 0) is 35.7 Å². The number of hydrogen-bond acceptors (Lipinski definition) is 4. The summed E-state index contributed by atoms with van der Waals surface area (Å²) >= 11 is 0. The molecule has 0 aliphatic carbocycles. The van der Waals surface area contributed by atoms with Gasteiger partial charge in [-0.3, -0.25) is 0 Å². The monoisotopic (exact) mass is 279 g/mol. The van der Waals surface area contributed by atoms with Gasteiger partial charge in [0.2, 0.25) is 5.82 Å². The summed E-state index contributed by atoms with van der Waals surface area (Å²) in [4.78, 5) is 4.44. The van der Waals surface area contributed by atoms with Gasteiger partial charge in [0, 0.05) is 16.8 Å². The molecule has 0 atom stereocenters. The predicted molar refractivity (Wildman–Crippen MR) is 83.7 cm³/mol. The van der Waals surface area contributed by atoms with Crippen molar-refractivity contribution in [1.29, 1.82) is 0 Å². The SMILES string of the molecule is CC(C)c1ccc(-c2noc(-c3ccc(N)cc3)n2)cc1. The summed E-state index contributed by atoms with van der Waals surface area (Å²) in [6.45, 7) is 4.34. The number of nitrogens with zero attached hydrogens (tertiary/aromatic N) is 2. The number of anilines is 1. The number of rotatable bonds is 3. The Bertz CT molecular complexity index is 727. The maximum absolute atomic E-state index is 5.67. The second-order valence-electron chi connectivity index (χ2n) is 5.32. The minimum Gasteiger partial charge on any atom is -0.399 e. The van der Waals surface area contributed by atoms with Crippen molar-refractivity contribution in [2.75, 3.05) is 5.73 Å². The van der Waals surface area contributed by atoms with Gasteiger partial charge in [-0.1, -0.05) is 43.3 Å². The highest BCUT2D eigenvalue weighted by Gasteiger charge is 2.10. The van der Waals surface area contributed by atoms with Crippen LogP contribution in [0.5, 0.6) is 0 Å². The average molecular weight is 279 g/mol. The van der Waals surface area contributed by atoms with Crippen molar-refractivity contribution in [2.24, 2.45) is 0 Å². The third-order valence-electron chi connectivity index (χ3n) is 3.42. The summed E-state index contributed by atoms with van der Waals surface area (Å²) < 4.78 is 5.32. The van der Waals surface area contributed by atoms with E-state index in [0.717, 1.165) is 11.1 Å². The smallest absolute Gasteiger partial charge is 0.258 e. The van der Waals surface area contributed by atoms with Gasteiger partial charge in [0.15, 0.2) is 0 Å². The Labute approximate surface area is 123 Å². The van der Waals surface area contributed by atoms with Gasteiger partial charge in [-0.2, -0.15) is 4.98 Å². The van der Waals surface area contributed by atoms with Crippen LogP contribution in [0.3, 0.4) is 0 Å². The number of nitrogens with two attached hydrogens (primary N) is 1. The first kappa shape index (κ1) is 13.4. The Kier molecular flexibility index (Phi) is 3.44. The lowest BCUT2D eigenvalue weighted by molar-refractivity contribution is 0.432. The summed E-state index contributed by atoms with van der Waals surface area (Å²) in [5.41, 5.74) is 9.49. The van der Waals surface area contributed by atoms with Crippen molar-refractivity contribution < 1.29 is 4.52 Å². The van der Waals surface area contributed by atoms with E-state index >= 15 is 0 Å². The number of aromatic nitrogens is 2. The van der Waals surface area contributed by atoms with Crippen LogP contribution in [-0.4, -0.2) is 10.1 Å². The average Bonchev–Trinajstić information content (AvgIpc) is 2.98. The third-order valence-corrected chi connectivity index (χ3v) is 3.42. The summed E-state index contributed by atoms with van der Waals surface area (Å²) in [5.74, 6) is 1.60. The lowest BCUT2D eigenvalue weighted by Crippen LogP contribution is -1.87. The van der Waals surface area contributed by atoms with Crippen LogP contribution in [0.4, 0.5) is 5.69 Å². The standard InChI is InChI=1S/C17H17N3O/c1-11(2)12-3-5-13(6-4-12)16-19-17(21-20-16)14-7-9-15(18)10-8-14/h3-11H,18H2,1-2H3. The van der Waals surface area contributed by atoms with Crippen LogP contribution in [0.15, 0.2) is 53.1 Å². The molecule has 0 spiro atoms. The van der Waals surface area contributed by atoms with E-state index < -0.39 is 0 Å². The molecule has 0 amide bonds. The Morgan fingerprint density at radius 3 is 2.14 bits per heavy atom. The molecule has 4 heteroatoms. The highest BCUT2D eigenvalue weighted by atomic mass is 16.5. The first-order chi connectivity index (χ1) is 10.1. The first-order valence-corrected chi connectivity index (χ1v) is 6.93. The fourth-order valence-electron chi connectivity index (χ4n) is 2.10. The minimum absolute atomic E-state index is 0.498.